The predicted octanol–water partition coefficient (Wildman–Crippen LogP) is 1.12. The molecule has 0 aliphatic carbocycles. The molecule has 3 nitrogen and oxygen atoms in total. The first-order valence-corrected chi connectivity index (χ1v) is 4.00. The Morgan fingerprint density at radius 2 is 2.14 bits per heavy atom. The van der Waals surface area contributed by atoms with Gasteiger partial charge in [-0.1, -0.05) is 24.4 Å². The molecular weight excluding hydrogens is 253 g/mol. The quantitative estimate of drug-likeness (QED) is 0.553. The number of hydrazine groups is 1. The van der Waals surface area contributed by atoms with Gasteiger partial charge in [-0.15, -0.1) is 12.2 Å². The standard InChI is InChI=1S/C10H13N2O.Y/c1-8-5-10(7-13)9(2)12(6-8)11(3)4;/h5,7H,2H2,1,3-4H3;/q-1;. The summed E-state index contributed by atoms with van der Waals surface area (Å²) in [6, 6.07) is 0. The summed E-state index contributed by atoms with van der Waals surface area (Å²) in [5.74, 6) is 0. The SMILES string of the molecule is C=C1C(C=O)=CC(C)=[C-]N1N(C)C.[Y]. The normalized spacial score (nSPS) is 16.0. The van der Waals surface area contributed by atoms with Gasteiger partial charge in [-0.05, 0) is 0 Å². The van der Waals surface area contributed by atoms with Crippen LogP contribution in [0.5, 0.6) is 0 Å². The average Bonchev–Trinajstić information content (AvgIpc) is 2.08. The van der Waals surface area contributed by atoms with E-state index in [9.17, 15) is 4.79 Å². The van der Waals surface area contributed by atoms with Gasteiger partial charge in [-0.25, -0.2) is 5.01 Å². The van der Waals surface area contributed by atoms with E-state index < -0.39 is 0 Å². The van der Waals surface area contributed by atoms with Crippen molar-refractivity contribution in [3.8, 4) is 0 Å². The topological polar surface area (TPSA) is 23.6 Å². The van der Waals surface area contributed by atoms with Crippen LogP contribution < -0.4 is 0 Å². The number of carbonyl (C=O) groups is 1. The van der Waals surface area contributed by atoms with Crippen molar-refractivity contribution in [2.24, 2.45) is 0 Å². The summed E-state index contributed by atoms with van der Waals surface area (Å²) in [7, 11) is 3.75. The van der Waals surface area contributed by atoms with Gasteiger partial charge in [0.25, 0.3) is 0 Å². The second-order valence-corrected chi connectivity index (χ2v) is 3.12. The van der Waals surface area contributed by atoms with Gasteiger partial charge in [0.05, 0.1) is 0 Å². The van der Waals surface area contributed by atoms with Crippen molar-refractivity contribution in [3.63, 3.8) is 0 Å². The number of nitrogens with zero attached hydrogens (tertiary/aromatic N) is 2. The van der Waals surface area contributed by atoms with Crippen molar-refractivity contribution < 1.29 is 37.5 Å². The number of allylic oxidation sites excluding steroid dienone is 3. The molecule has 0 N–H and O–H groups in total. The molecule has 0 aromatic rings. The van der Waals surface area contributed by atoms with Crippen LogP contribution in [0.2, 0.25) is 0 Å². The van der Waals surface area contributed by atoms with Crippen LogP contribution in [0, 0.1) is 6.20 Å². The van der Waals surface area contributed by atoms with Crippen molar-refractivity contribution in [1.82, 2.24) is 10.0 Å². The van der Waals surface area contributed by atoms with E-state index in [-0.39, 0.29) is 32.7 Å². The smallest absolute Gasteiger partial charge is 0.128 e. The maximum absolute atomic E-state index is 10.7. The fourth-order valence-corrected chi connectivity index (χ4v) is 1.15. The van der Waals surface area contributed by atoms with Gasteiger partial charge in [0.2, 0.25) is 0 Å². The number of aldehydes is 1. The van der Waals surface area contributed by atoms with Gasteiger partial charge >= 0.3 is 0 Å². The van der Waals surface area contributed by atoms with Crippen LogP contribution in [0.4, 0.5) is 0 Å². The Balaban J connectivity index is 0.00000169. The second-order valence-electron chi connectivity index (χ2n) is 3.12. The third-order valence-electron chi connectivity index (χ3n) is 1.77. The van der Waals surface area contributed by atoms with E-state index >= 15 is 0 Å². The molecule has 0 amide bonds. The largest absolute Gasteiger partial charge is 0.390 e. The molecule has 1 aliphatic heterocycles. The first-order chi connectivity index (χ1) is 6.06. The van der Waals surface area contributed by atoms with Crippen molar-refractivity contribution >= 4 is 6.29 Å². The van der Waals surface area contributed by atoms with Crippen molar-refractivity contribution in [1.29, 1.82) is 0 Å². The van der Waals surface area contributed by atoms with E-state index in [1.807, 2.05) is 26.0 Å². The Bertz CT molecular complexity index is 305. The van der Waals surface area contributed by atoms with Crippen molar-refractivity contribution in [2.75, 3.05) is 14.1 Å². The zero-order valence-electron chi connectivity index (χ0n) is 8.74. The Morgan fingerprint density at radius 1 is 1.57 bits per heavy atom. The van der Waals surface area contributed by atoms with Gasteiger partial charge in [0, 0.05) is 46.8 Å². The molecule has 1 radical (unpaired) electrons. The molecular formula is C10H13N2OY-. The van der Waals surface area contributed by atoms with E-state index in [1.54, 1.807) is 11.1 Å². The zero-order valence-corrected chi connectivity index (χ0v) is 11.6. The van der Waals surface area contributed by atoms with Gasteiger partial charge in [-0.3, -0.25) is 0 Å². The summed E-state index contributed by atoms with van der Waals surface area (Å²) in [6.07, 6.45) is 5.65. The fraction of sp³-hybridized carbons (Fsp3) is 0.300. The third kappa shape index (κ3) is 2.87. The molecule has 0 saturated carbocycles. The molecule has 0 atom stereocenters. The van der Waals surface area contributed by atoms with Crippen LogP contribution >= 0.6 is 0 Å². The Labute approximate surface area is 110 Å². The van der Waals surface area contributed by atoms with Crippen molar-refractivity contribution in [2.45, 2.75) is 6.92 Å². The van der Waals surface area contributed by atoms with Crippen LogP contribution in [0.3, 0.4) is 0 Å². The molecule has 0 unspecified atom stereocenters. The van der Waals surface area contributed by atoms with E-state index in [0.29, 0.717) is 11.3 Å². The first-order valence-electron chi connectivity index (χ1n) is 4.00. The van der Waals surface area contributed by atoms with E-state index in [0.717, 1.165) is 11.9 Å². The molecule has 0 fully saturated rings. The number of hydrogen-bond donors (Lipinski definition) is 0. The summed E-state index contributed by atoms with van der Waals surface area (Å²) >= 11 is 0. The minimum Gasteiger partial charge on any atom is -0.390 e. The zero-order chi connectivity index (χ0) is 10.0. The molecule has 1 aliphatic rings. The Hall–Kier alpha value is -0.246. The Morgan fingerprint density at radius 3 is 2.57 bits per heavy atom. The molecule has 1 rings (SSSR count). The molecule has 0 aromatic heterocycles. The first kappa shape index (κ1) is 13.8. The molecule has 0 saturated heterocycles. The van der Waals surface area contributed by atoms with Gasteiger partial charge in [-0.2, -0.15) is 6.08 Å². The summed E-state index contributed by atoms with van der Waals surface area (Å²) in [5, 5.41) is 3.54. The predicted molar refractivity (Wildman–Crippen MR) is 51.2 cm³/mol. The maximum atomic E-state index is 10.7. The van der Waals surface area contributed by atoms with E-state index in [2.05, 4.69) is 12.8 Å². The Kier molecular flexibility index (Phi) is 5.49. The van der Waals surface area contributed by atoms with Crippen molar-refractivity contribution in [3.05, 3.63) is 35.7 Å². The monoisotopic (exact) mass is 266 g/mol. The van der Waals surface area contributed by atoms with E-state index in [4.69, 9.17) is 0 Å². The van der Waals surface area contributed by atoms with E-state index in [1.165, 1.54) is 0 Å². The van der Waals surface area contributed by atoms with Crippen LogP contribution in [0.1, 0.15) is 6.92 Å². The summed E-state index contributed by atoms with van der Waals surface area (Å²) in [6.45, 7) is 5.71. The third-order valence-corrected chi connectivity index (χ3v) is 1.77. The maximum Gasteiger partial charge on any atom is 0.128 e. The fourth-order valence-electron chi connectivity index (χ4n) is 1.15. The number of hydrogen-bond acceptors (Lipinski definition) is 3. The minimum atomic E-state index is 0. The van der Waals surface area contributed by atoms with Gasteiger partial charge < -0.3 is 9.80 Å². The number of carbonyl (C=O) groups excluding carboxylic acids is 1. The minimum absolute atomic E-state index is 0. The summed E-state index contributed by atoms with van der Waals surface area (Å²) in [4.78, 5) is 10.7. The number of rotatable bonds is 2. The van der Waals surface area contributed by atoms with Crippen LogP contribution in [0.25, 0.3) is 0 Å². The second kappa shape index (κ2) is 5.59. The van der Waals surface area contributed by atoms with Gasteiger partial charge in [0.15, 0.2) is 0 Å². The van der Waals surface area contributed by atoms with Crippen LogP contribution in [-0.4, -0.2) is 30.4 Å². The molecule has 14 heavy (non-hydrogen) atoms. The average molecular weight is 266 g/mol. The molecule has 0 bridgehead atoms. The molecule has 1 heterocycles. The molecule has 73 valence electrons. The molecule has 0 aromatic carbocycles. The van der Waals surface area contributed by atoms with Gasteiger partial charge in [0.1, 0.15) is 6.29 Å². The summed E-state index contributed by atoms with van der Waals surface area (Å²) in [5.41, 5.74) is 2.18. The molecule has 4 heteroatoms. The molecule has 0 spiro atoms. The summed E-state index contributed by atoms with van der Waals surface area (Å²) < 4.78 is 0. The van der Waals surface area contributed by atoms with Crippen LogP contribution in [0.15, 0.2) is 29.5 Å². The van der Waals surface area contributed by atoms with Crippen LogP contribution in [-0.2, 0) is 37.5 Å².